The molecule has 0 saturated carbocycles. The van der Waals surface area contributed by atoms with E-state index in [4.69, 9.17) is 14.7 Å². The van der Waals surface area contributed by atoms with E-state index in [0.717, 1.165) is 0 Å². The minimum absolute atomic E-state index is 0. The quantitative estimate of drug-likeness (QED) is 0.479. The van der Waals surface area contributed by atoms with Crippen LogP contribution in [0.15, 0.2) is 60.7 Å². The third kappa shape index (κ3) is 22.0. The molecule has 0 aliphatic heterocycles. The van der Waals surface area contributed by atoms with E-state index in [-0.39, 0.29) is 33.2 Å². The van der Waals surface area contributed by atoms with E-state index in [1.54, 1.807) is 0 Å². The van der Waals surface area contributed by atoms with E-state index in [2.05, 4.69) is 46.7 Å². The van der Waals surface area contributed by atoms with Crippen LogP contribution >= 0.6 is 24.3 Å². The van der Waals surface area contributed by atoms with E-state index in [9.17, 15) is 13.7 Å². The average molecular weight is 448 g/mol. The molecule has 0 saturated heterocycles. The Hall–Kier alpha value is -0.135. The van der Waals surface area contributed by atoms with Crippen LogP contribution in [0.5, 0.6) is 0 Å². The van der Waals surface area contributed by atoms with E-state index in [1.807, 2.05) is 36.4 Å². The summed E-state index contributed by atoms with van der Waals surface area (Å²) in [6.07, 6.45) is 0. The summed E-state index contributed by atoms with van der Waals surface area (Å²) in [4.78, 5) is 24.2. The maximum atomic E-state index is 10.3. The molecule has 0 amide bonds. The van der Waals surface area contributed by atoms with Crippen LogP contribution in [0.4, 0.5) is 0 Å². The topological polar surface area (TPSA) is 130 Å². The number of aryl methyl sites for hydroxylation is 2. The van der Waals surface area contributed by atoms with Crippen LogP contribution in [0.2, 0.25) is 0 Å². The van der Waals surface area contributed by atoms with Crippen molar-refractivity contribution in [2.75, 3.05) is 0 Å². The molecule has 2 atom stereocenters. The summed E-state index contributed by atoms with van der Waals surface area (Å²) in [5.74, 6) is 0. The second kappa shape index (κ2) is 17.9. The van der Waals surface area contributed by atoms with Gasteiger partial charge in [-0.15, -0.1) is 0 Å². The van der Waals surface area contributed by atoms with Gasteiger partial charge in [-0.3, -0.25) is 9.13 Å². The molecule has 3 N–H and O–H groups in total. The summed E-state index contributed by atoms with van der Waals surface area (Å²) in [5.41, 5.74) is 2.64. The fourth-order valence-electron chi connectivity index (χ4n) is 1.28. The van der Waals surface area contributed by atoms with Crippen molar-refractivity contribution in [1.29, 1.82) is 0 Å². The van der Waals surface area contributed by atoms with Crippen molar-refractivity contribution in [1.82, 2.24) is 0 Å². The average Bonchev–Trinajstić information content (AvgIpc) is 2.47. The van der Waals surface area contributed by atoms with E-state index in [1.165, 1.54) is 11.1 Å². The van der Waals surface area contributed by atoms with Gasteiger partial charge in [0.2, 0.25) is 0 Å². The molecule has 0 heterocycles. The standard InChI is InChI=1S/2C7H8.Be.Mg.H5O8P3.4H/c2*1-7-5-3-2-4-6-7;;;1-9(2)7-11(5,6)8-10(3)4;;;;/h2*2-6H,1H3;;;9-10H,(H,1,2)(H,3,4)(H,5,6);;;;. The van der Waals surface area contributed by atoms with E-state index in [0.29, 0.717) is 0 Å². The summed E-state index contributed by atoms with van der Waals surface area (Å²) in [6.45, 7) is 4.17. The van der Waals surface area contributed by atoms with Crippen molar-refractivity contribution in [3.05, 3.63) is 71.8 Å². The summed E-state index contributed by atoms with van der Waals surface area (Å²) >= 11 is 0. The van der Waals surface area contributed by atoms with Crippen molar-refractivity contribution >= 4 is 57.5 Å². The molecule has 13 heteroatoms. The first-order chi connectivity index (χ1) is 11.6. The number of hydrogen-bond donors (Lipinski definition) is 3. The van der Waals surface area contributed by atoms with Gasteiger partial charge in [0.15, 0.2) is 0 Å². The molecule has 0 aliphatic carbocycles. The maximum absolute atomic E-state index is 10.3. The van der Waals surface area contributed by atoms with Crippen LogP contribution in [0, 0.1) is 13.8 Å². The molecule has 2 rings (SSSR count). The van der Waals surface area contributed by atoms with Crippen LogP contribution in [-0.2, 0) is 22.3 Å². The van der Waals surface area contributed by atoms with Gasteiger partial charge >= 0.3 is 57.5 Å². The van der Waals surface area contributed by atoms with Gasteiger partial charge in [0.05, 0.1) is 0 Å². The number of rotatable bonds is 4. The molecule has 0 spiro atoms. The van der Waals surface area contributed by atoms with Crippen molar-refractivity contribution in [2.24, 2.45) is 0 Å². The van der Waals surface area contributed by atoms with Gasteiger partial charge in [0.25, 0.3) is 0 Å². The van der Waals surface area contributed by atoms with Crippen LogP contribution in [0.3, 0.4) is 0 Å². The van der Waals surface area contributed by atoms with Gasteiger partial charge < -0.3 is 14.7 Å². The number of phosphoric acid groups is 1. The predicted molar refractivity (Wildman–Crippen MR) is 114 cm³/mol. The zero-order valence-corrected chi connectivity index (χ0v) is 16.5. The molecule has 2 aromatic carbocycles. The van der Waals surface area contributed by atoms with Gasteiger partial charge in [-0.05, 0) is 13.8 Å². The van der Waals surface area contributed by atoms with Gasteiger partial charge in [0, 0.05) is 0 Å². The third-order valence-corrected chi connectivity index (χ3v) is 5.36. The molecular formula is C14H25BeMgO8P3. The molecular weight excluding hydrogens is 422 g/mol. The first kappa shape index (κ1) is 31.6. The van der Waals surface area contributed by atoms with Gasteiger partial charge in [-0.1, -0.05) is 71.8 Å². The Labute approximate surface area is 179 Å². The normalized spacial score (nSPS) is 13.5. The Kier molecular flexibility index (Phi) is 21.0. The molecule has 148 valence electrons. The zero-order chi connectivity index (χ0) is 19.3. The number of hydrogen-bond acceptors (Lipinski definition) is 5. The molecule has 0 radical (unpaired) electrons. The van der Waals surface area contributed by atoms with Crippen molar-refractivity contribution < 1.29 is 37.0 Å². The van der Waals surface area contributed by atoms with E-state index < -0.39 is 24.3 Å². The van der Waals surface area contributed by atoms with Gasteiger partial charge in [0.1, 0.15) is 0 Å². The molecule has 2 unspecified atom stereocenters. The molecule has 0 bridgehead atoms. The monoisotopic (exact) mass is 447 g/mol. The molecule has 0 aromatic heterocycles. The third-order valence-electron chi connectivity index (χ3n) is 2.27. The van der Waals surface area contributed by atoms with Crippen LogP contribution < -0.4 is 0 Å². The zero-order valence-electron chi connectivity index (χ0n) is 13.6. The molecule has 27 heavy (non-hydrogen) atoms. The Morgan fingerprint density at radius 3 is 1.19 bits per heavy atom. The number of benzene rings is 2. The summed E-state index contributed by atoms with van der Waals surface area (Å²) < 4.78 is 36.6. The molecule has 2 aromatic rings. The fourth-order valence-corrected chi connectivity index (χ4v) is 3.35. The fraction of sp³-hybridized carbons (Fsp3) is 0.143. The largest absolute Gasteiger partial charge is 0.316 e. The Bertz CT molecular complexity index is 649. The van der Waals surface area contributed by atoms with Crippen LogP contribution in [0.1, 0.15) is 11.1 Å². The minimum Gasteiger partial charge on any atom is 0.316 e. The molecule has 0 aliphatic rings. The molecule has 8 nitrogen and oxygen atoms in total. The SMILES string of the molecule is Cc1ccccc1.Cc1ccccc1.O=[PH](O)OP(=O)(O)O[PH](=O)O.[BeH2].[MgH2]. The Morgan fingerprint density at radius 2 is 1.04 bits per heavy atom. The predicted octanol–water partition coefficient (Wildman–Crippen LogP) is 2.04. The van der Waals surface area contributed by atoms with Crippen molar-refractivity contribution in [3.63, 3.8) is 0 Å². The Morgan fingerprint density at radius 1 is 0.778 bits per heavy atom. The maximum Gasteiger partial charge on any atom is 0.316 e. The van der Waals surface area contributed by atoms with Crippen molar-refractivity contribution in [2.45, 2.75) is 13.8 Å². The van der Waals surface area contributed by atoms with Crippen LogP contribution in [-0.4, -0.2) is 47.9 Å². The van der Waals surface area contributed by atoms with Gasteiger partial charge in [-0.25, -0.2) is 13.2 Å². The second-order valence-electron chi connectivity index (χ2n) is 4.49. The van der Waals surface area contributed by atoms with Crippen molar-refractivity contribution in [3.8, 4) is 0 Å². The summed E-state index contributed by atoms with van der Waals surface area (Å²) in [6, 6.07) is 20.5. The smallest absolute Gasteiger partial charge is 0.316 e. The van der Waals surface area contributed by atoms with E-state index >= 15 is 0 Å². The first-order valence-corrected chi connectivity index (χ1v) is 10.9. The molecule has 0 fully saturated rings. The first-order valence-electron chi connectivity index (χ1n) is 6.83. The van der Waals surface area contributed by atoms with Gasteiger partial charge in [-0.2, -0.15) is 0 Å². The summed E-state index contributed by atoms with van der Waals surface area (Å²) in [5, 5.41) is 0. The minimum atomic E-state index is -4.84. The summed E-state index contributed by atoms with van der Waals surface area (Å²) in [7, 11) is -12.2. The second-order valence-corrected chi connectivity index (χ2v) is 7.95. The Balaban J connectivity index is -0.000000318. The van der Waals surface area contributed by atoms with Crippen LogP contribution in [0.25, 0.3) is 0 Å².